The molecule has 9 nitrogen and oxygen atoms in total. The number of nitrogens with one attached hydrogen (secondary N) is 3. The first-order valence-electron chi connectivity index (χ1n) is 4.31. The number of hydrogen-bond donors (Lipinski definition) is 3. The van der Waals surface area contributed by atoms with Crippen LogP contribution in [0.25, 0.3) is 0 Å². The van der Waals surface area contributed by atoms with Gasteiger partial charge in [-0.2, -0.15) is 0 Å². The molecule has 3 heterocycles. The molecule has 3 rings (SSSR count). The zero-order chi connectivity index (χ0) is 10.4. The molecule has 3 N–H and O–H groups in total. The van der Waals surface area contributed by atoms with Crippen molar-refractivity contribution in [2.75, 3.05) is 34.3 Å². The lowest BCUT2D eigenvalue weighted by atomic mass is 10.5. The number of hydrogen-bond acceptors (Lipinski definition) is 7. The summed E-state index contributed by atoms with van der Waals surface area (Å²) in [5.41, 5.74) is 0. The van der Waals surface area contributed by atoms with Gasteiger partial charge in [-0.3, -0.25) is 0 Å². The minimum atomic E-state index is -0.512. The summed E-state index contributed by atoms with van der Waals surface area (Å²) in [5.74, 6) is 1.84. The van der Waals surface area contributed by atoms with Crippen molar-refractivity contribution >= 4 is 23.3 Å². The SMILES string of the molecule is O=[N+]([O-])N1CNc2nc3c(nc21)NCN3. The van der Waals surface area contributed by atoms with Crippen molar-refractivity contribution in [1.29, 1.82) is 0 Å². The average Bonchev–Trinajstić information content (AvgIpc) is 2.77. The fourth-order valence-electron chi connectivity index (χ4n) is 1.54. The molecule has 1 aromatic heterocycles. The van der Waals surface area contributed by atoms with Crippen LogP contribution in [0.15, 0.2) is 0 Å². The molecule has 0 atom stereocenters. The van der Waals surface area contributed by atoms with E-state index in [4.69, 9.17) is 0 Å². The number of nitrogens with zero attached hydrogens (tertiary/aromatic N) is 4. The smallest absolute Gasteiger partial charge is 0.240 e. The highest BCUT2D eigenvalue weighted by atomic mass is 16.7. The minimum Gasteiger partial charge on any atom is -0.350 e. The van der Waals surface area contributed by atoms with Crippen molar-refractivity contribution in [3.05, 3.63) is 10.1 Å². The summed E-state index contributed by atoms with van der Waals surface area (Å²) < 4.78 is 0. The highest BCUT2D eigenvalue weighted by Crippen LogP contribution is 2.33. The van der Waals surface area contributed by atoms with Gasteiger partial charge < -0.3 is 16.0 Å². The van der Waals surface area contributed by atoms with Gasteiger partial charge in [-0.1, -0.05) is 5.01 Å². The van der Waals surface area contributed by atoms with Crippen LogP contribution in [-0.4, -0.2) is 28.3 Å². The van der Waals surface area contributed by atoms with Crippen LogP contribution >= 0.6 is 0 Å². The first kappa shape index (κ1) is 8.03. The minimum absolute atomic E-state index is 0.0885. The van der Waals surface area contributed by atoms with E-state index in [1.54, 1.807) is 0 Å². The van der Waals surface area contributed by atoms with Crippen LogP contribution < -0.4 is 21.0 Å². The molecule has 0 fully saturated rings. The number of nitro groups is 1. The van der Waals surface area contributed by atoms with Crippen molar-refractivity contribution in [3.8, 4) is 0 Å². The van der Waals surface area contributed by atoms with E-state index in [0.717, 1.165) is 5.01 Å². The Morgan fingerprint density at radius 2 is 1.93 bits per heavy atom. The summed E-state index contributed by atoms with van der Waals surface area (Å²) in [7, 11) is 0. The van der Waals surface area contributed by atoms with Gasteiger partial charge in [-0.15, -0.1) is 0 Å². The first-order chi connectivity index (χ1) is 7.25. The maximum atomic E-state index is 10.7. The Kier molecular flexibility index (Phi) is 1.39. The topological polar surface area (TPSA) is 108 Å². The molecule has 0 bridgehead atoms. The normalized spacial score (nSPS) is 16.1. The highest BCUT2D eigenvalue weighted by Gasteiger charge is 2.32. The molecule has 9 heteroatoms. The number of anilines is 4. The van der Waals surface area contributed by atoms with Crippen molar-refractivity contribution in [2.45, 2.75) is 0 Å². The molecular weight excluding hydrogens is 202 g/mol. The molecule has 0 amide bonds. The predicted octanol–water partition coefficient (Wildman–Crippen LogP) is -0.347. The molecule has 0 saturated carbocycles. The molecule has 0 spiro atoms. The Labute approximate surface area is 83.6 Å². The van der Waals surface area contributed by atoms with Crippen LogP contribution in [0.2, 0.25) is 0 Å². The molecule has 0 radical (unpaired) electrons. The molecule has 0 aromatic carbocycles. The number of rotatable bonds is 1. The lowest BCUT2D eigenvalue weighted by Gasteiger charge is -2.04. The quantitative estimate of drug-likeness (QED) is 0.425. The van der Waals surface area contributed by atoms with Crippen molar-refractivity contribution in [2.24, 2.45) is 0 Å². The summed E-state index contributed by atoms with van der Waals surface area (Å²) in [4.78, 5) is 18.9. The lowest BCUT2D eigenvalue weighted by molar-refractivity contribution is -0.493. The van der Waals surface area contributed by atoms with Crippen molar-refractivity contribution in [1.82, 2.24) is 9.97 Å². The van der Waals surface area contributed by atoms with Gasteiger partial charge in [0, 0.05) is 0 Å². The van der Waals surface area contributed by atoms with Gasteiger partial charge in [0.15, 0.2) is 29.2 Å². The van der Waals surface area contributed by atoms with E-state index in [1.165, 1.54) is 0 Å². The van der Waals surface area contributed by atoms with E-state index in [0.29, 0.717) is 24.1 Å². The van der Waals surface area contributed by atoms with E-state index >= 15 is 0 Å². The number of fused-ring (bicyclic) bond motifs is 2. The van der Waals surface area contributed by atoms with Crippen LogP contribution in [0, 0.1) is 10.1 Å². The molecule has 0 aliphatic carbocycles. The van der Waals surface area contributed by atoms with Crippen LogP contribution in [0.1, 0.15) is 0 Å². The third-order valence-electron chi connectivity index (χ3n) is 2.23. The second-order valence-corrected chi connectivity index (χ2v) is 3.10. The molecule has 2 aliphatic rings. The van der Waals surface area contributed by atoms with Gasteiger partial charge in [-0.25, -0.2) is 20.1 Å². The van der Waals surface area contributed by atoms with Gasteiger partial charge >= 0.3 is 0 Å². The fourth-order valence-corrected chi connectivity index (χ4v) is 1.54. The van der Waals surface area contributed by atoms with E-state index in [2.05, 4.69) is 25.9 Å². The van der Waals surface area contributed by atoms with Crippen LogP contribution in [0.4, 0.5) is 23.3 Å². The Bertz CT molecular complexity index is 447. The molecule has 78 valence electrons. The third-order valence-corrected chi connectivity index (χ3v) is 2.23. The molecule has 0 saturated heterocycles. The summed E-state index contributed by atoms with van der Waals surface area (Å²) >= 11 is 0. The van der Waals surface area contributed by atoms with Crippen LogP contribution in [0.3, 0.4) is 0 Å². The maximum absolute atomic E-state index is 10.7. The Morgan fingerprint density at radius 3 is 2.67 bits per heavy atom. The Balaban J connectivity index is 2.10. The zero-order valence-corrected chi connectivity index (χ0v) is 7.52. The van der Waals surface area contributed by atoms with Gasteiger partial charge in [-0.05, 0) is 0 Å². The summed E-state index contributed by atoms with van der Waals surface area (Å²) in [5, 5.41) is 19.8. The Morgan fingerprint density at radius 1 is 1.20 bits per heavy atom. The van der Waals surface area contributed by atoms with Gasteiger partial charge in [0.1, 0.15) is 0 Å². The molecule has 0 unspecified atom stereocenters. The average molecular weight is 209 g/mol. The fraction of sp³-hybridized carbons (Fsp3) is 0.333. The predicted molar refractivity (Wildman–Crippen MR) is 52.1 cm³/mol. The van der Waals surface area contributed by atoms with E-state index in [9.17, 15) is 10.1 Å². The summed E-state index contributed by atoms with van der Waals surface area (Å²) in [6, 6.07) is 0. The summed E-state index contributed by atoms with van der Waals surface area (Å²) in [6.45, 7) is 0.627. The van der Waals surface area contributed by atoms with E-state index in [1.807, 2.05) is 0 Å². The van der Waals surface area contributed by atoms with Crippen LogP contribution in [-0.2, 0) is 0 Å². The zero-order valence-electron chi connectivity index (χ0n) is 7.52. The summed E-state index contributed by atoms with van der Waals surface area (Å²) in [6.07, 6.45) is 0. The standard InChI is InChI=1S/C6H7N7O2/c14-13(15)12-2-9-5-6(12)11-4-3(10-5)7-1-8-4/h1-2H2,(H,8,11)(H2,7,9,10). The lowest BCUT2D eigenvalue weighted by Crippen LogP contribution is -2.29. The van der Waals surface area contributed by atoms with Crippen molar-refractivity contribution in [3.63, 3.8) is 0 Å². The van der Waals surface area contributed by atoms with Gasteiger partial charge in [0.25, 0.3) is 0 Å². The highest BCUT2D eigenvalue weighted by molar-refractivity contribution is 5.75. The molecular formula is C6H7N7O2. The maximum Gasteiger partial charge on any atom is 0.240 e. The number of hydrazine groups is 1. The number of aromatic nitrogens is 2. The molecule has 2 aliphatic heterocycles. The van der Waals surface area contributed by atoms with Crippen LogP contribution in [0.5, 0.6) is 0 Å². The van der Waals surface area contributed by atoms with E-state index < -0.39 is 5.03 Å². The monoisotopic (exact) mass is 209 g/mol. The largest absolute Gasteiger partial charge is 0.350 e. The second kappa shape index (κ2) is 2.59. The van der Waals surface area contributed by atoms with Crippen molar-refractivity contribution < 1.29 is 5.03 Å². The van der Waals surface area contributed by atoms with E-state index in [-0.39, 0.29) is 12.5 Å². The third kappa shape index (κ3) is 1.02. The Hall–Kier alpha value is -2.32. The first-order valence-corrected chi connectivity index (χ1v) is 4.31. The van der Waals surface area contributed by atoms with Gasteiger partial charge in [0.05, 0.1) is 6.67 Å². The molecule has 1 aromatic rings. The molecule has 15 heavy (non-hydrogen) atoms. The second-order valence-electron chi connectivity index (χ2n) is 3.10. The van der Waals surface area contributed by atoms with Gasteiger partial charge in [0.2, 0.25) is 5.82 Å².